The Bertz CT molecular complexity index is 1150. The molecule has 0 aromatic heterocycles. The zero-order valence-corrected chi connectivity index (χ0v) is 24.1. The van der Waals surface area contributed by atoms with Gasteiger partial charge in [0.25, 0.3) is 0 Å². The smallest absolute Gasteiger partial charge is 0.312 e. The van der Waals surface area contributed by atoms with Crippen molar-refractivity contribution >= 4 is 11.9 Å². The van der Waals surface area contributed by atoms with Crippen LogP contribution in [0.2, 0.25) is 0 Å². The maximum Gasteiger partial charge on any atom is 0.312 e. The first-order valence-electron chi connectivity index (χ1n) is 15.3. The lowest BCUT2D eigenvalue weighted by molar-refractivity contribution is -0.165. The summed E-state index contributed by atoms with van der Waals surface area (Å²) in [5.41, 5.74) is 3.30. The molecule has 0 radical (unpaired) electrons. The Labute approximate surface area is 243 Å². The Hall–Kier alpha value is -2.78. The van der Waals surface area contributed by atoms with Gasteiger partial charge in [-0.1, -0.05) is 61.0 Å². The molecule has 3 heterocycles. The standard InChI is InChI=1S/C33H45N3O5/c37-29-13-19-36(31(39)24-35-18-12-27-10-4-5-11-28(27)23-35)17-7-6-14-33(32(40)41-25-30(29)38)15-20-34(21-16-33)22-26-8-2-1-3-9-26/h1-5,8-11,29-30,37-38H,6-7,12-25H2/t29-,30+/m0/s1. The van der Waals surface area contributed by atoms with Crippen molar-refractivity contribution in [3.63, 3.8) is 0 Å². The van der Waals surface area contributed by atoms with Crippen molar-refractivity contribution in [2.24, 2.45) is 5.41 Å². The average molecular weight is 564 g/mol. The minimum Gasteiger partial charge on any atom is -0.462 e. The molecule has 2 aromatic carbocycles. The minimum absolute atomic E-state index is 0.0530. The zero-order valence-electron chi connectivity index (χ0n) is 24.1. The molecule has 41 heavy (non-hydrogen) atoms. The molecule has 0 saturated carbocycles. The van der Waals surface area contributed by atoms with Crippen LogP contribution in [-0.4, -0.2) is 94.9 Å². The van der Waals surface area contributed by atoms with Crippen molar-refractivity contribution in [3.05, 3.63) is 71.3 Å². The highest BCUT2D eigenvalue weighted by Gasteiger charge is 2.42. The summed E-state index contributed by atoms with van der Waals surface area (Å²) >= 11 is 0. The maximum absolute atomic E-state index is 13.4. The van der Waals surface area contributed by atoms with Crippen LogP contribution in [0, 0.1) is 5.41 Å². The van der Waals surface area contributed by atoms with E-state index in [-0.39, 0.29) is 24.9 Å². The number of aliphatic hydroxyl groups excluding tert-OH is 2. The van der Waals surface area contributed by atoms with E-state index in [0.29, 0.717) is 38.9 Å². The zero-order chi connectivity index (χ0) is 28.7. The number of esters is 1. The molecule has 3 aliphatic rings. The van der Waals surface area contributed by atoms with E-state index in [2.05, 4.69) is 40.1 Å². The molecule has 2 aromatic rings. The van der Waals surface area contributed by atoms with Gasteiger partial charge in [0.2, 0.25) is 5.91 Å². The van der Waals surface area contributed by atoms with E-state index in [1.807, 2.05) is 29.2 Å². The molecule has 8 nitrogen and oxygen atoms in total. The van der Waals surface area contributed by atoms with Crippen molar-refractivity contribution < 1.29 is 24.5 Å². The molecule has 5 rings (SSSR count). The Morgan fingerprint density at radius 2 is 1.56 bits per heavy atom. The maximum atomic E-state index is 13.4. The van der Waals surface area contributed by atoms with Gasteiger partial charge < -0.3 is 19.8 Å². The van der Waals surface area contributed by atoms with Crippen LogP contribution < -0.4 is 0 Å². The largest absolute Gasteiger partial charge is 0.462 e. The fraction of sp³-hybridized carbons (Fsp3) is 0.576. The number of likely N-dealkylation sites (tertiary alicyclic amines) is 1. The van der Waals surface area contributed by atoms with Gasteiger partial charge in [-0.05, 0) is 68.3 Å². The van der Waals surface area contributed by atoms with Gasteiger partial charge in [-0.25, -0.2) is 0 Å². The normalized spacial score (nSPS) is 24.9. The van der Waals surface area contributed by atoms with Crippen LogP contribution in [0.25, 0.3) is 0 Å². The molecule has 8 heteroatoms. The van der Waals surface area contributed by atoms with Crippen LogP contribution in [-0.2, 0) is 33.8 Å². The summed E-state index contributed by atoms with van der Waals surface area (Å²) in [6.07, 6.45) is 2.66. The SMILES string of the molecule is O=C(CN1CCc2ccccc2C1)N1CCCCC2(CCN(Cc3ccccc3)CC2)C(=O)OC[C@@H](O)[C@@H](O)CC1. The van der Waals surface area contributed by atoms with Crippen LogP contribution in [0.3, 0.4) is 0 Å². The molecule has 2 atom stereocenters. The molecule has 0 unspecified atom stereocenters. The van der Waals surface area contributed by atoms with E-state index >= 15 is 0 Å². The number of benzene rings is 2. The lowest BCUT2D eigenvalue weighted by Crippen LogP contribution is -2.45. The lowest BCUT2D eigenvalue weighted by atomic mass is 9.74. The summed E-state index contributed by atoms with van der Waals surface area (Å²) < 4.78 is 5.63. The van der Waals surface area contributed by atoms with Crippen LogP contribution in [0.5, 0.6) is 0 Å². The van der Waals surface area contributed by atoms with E-state index in [4.69, 9.17) is 4.74 Å². The van der Waals surface area contributed by atoms with Gasteiger partial charge in [0.1, 0.15) is 12.7 Å². The molecule has 1 spiro atoms. The van der Waals surface area contributed by atoms with E-state index in [1.165, 1.54) is 16.7 Å². The van der Waals surface area contributed by atoms with E-state index < -0.39 is 17.6 Å². The number of rotatable bonds is 4. The van der Waals surface area contributed by atoms with E-state index in [0.717, 1.165) is 52.0 Å². The summed E-state index contributed by atoms with van der Waals surface area (Å²) in [5, 5.41) is 21.2. The number of carbonyl (C=O) groups is 2. The third-order valence-electron chi connectivity index (χ3n) is 9.27. The highest BCUT2D eigenvalue weighted by molar-refractivity contribution is 5.78. The number of hydrogen-bond donors (Lipinski definition) is 2. The fourth-order valence-electron chi connectivity index (χ4n) is 6.55. The van der Waals surface area contributed by atoms with Gasteiger partial charge in [0.15, 0.2) is 0 Å². The van der Waals surface area contributed by atoms with Crippen molar-refractivity contribution in [2.45, 2.75) is 70.2 Å². The second-order valence-electron chi connectivity index (χ2n) is 12.1. The Morgan fingerprint density at radius 3 is 2.34 bits per heavy atom. The number of amides is 1. The molecule has 2 fully saturated rings. The molecular formula is C33H45N3O5. The van der Waals surface area contributed by atoms with Crippen LogP contribution in [0.15, 0.2) is 54.6 Å². The first-order chi connectivity index (χ1) is 19.9. The van der Waals surface area contributed by atoms with Crippen molar-refractivity contribution in [1.82, 2.24) is 14.7 Å². The number of ether oxygens (including phenoxy) is 1. The van der Waals surface area contributed by atoms with Crippen molar-refractivity contribution in [3.8, 4) is 0 Å². The van der Waals surface area contributed by atoms with Crippen LogP contribution in [0.1, 0.15) is 55.2 Å². The summed E-state index contributed by atoms with van der Waals surface area (Å²) in [6, 6.07) is 18.8. The molecular weight excluding hydrogens is 518 g/mol. The number of nitrogens with zero attached hydrogens (tertiary/aromatic N) is 3. The van der Waals surface area contributed by atoms with Crippen LogP contribution >= 0.6 is 0 Å². The van der Waals surface area contributed by atoms with Gasteiger partial charge in [-0.2, -0.15) is 0 Å². The Balaban J connectivity index is 1.20. The number of cyclic esters (lactones) is 1. The van der Waals surface area contributed by atoms with Crippen LogP contribution in [0.4, 0.5) is 0 Å². The lowest BCUT2D eigenvalue weighted by Gasteiger charge is -2.40. The monoisotopic (exact) mass is 563 g/mol. The molecule has 2 saturated heterocycles. The number of piperidine rings is 1. The summed E-state index contributed by atoms with van der Waals surface area (Å²) in [7, 11) is 0. The van der Waals surface area contributed by atoms with Gasteiger partial charge in [0.05, 0.1) is 18.1 Å². The molecule has 0 aliphatic carbocycles. The number of carbonyl (C=O) groups excluding carboxylic acids is 2. The highest BCUT2D eigenvalue weighted by atomic mass is 16.5. The van der Waals surface area contributed by atoms with Gasteiger partial charge >= 0.3 is 5.97 Å². The van der Waals surface area contributed by atoms with Crippen molar-refractivity contribution in [2.75, 3.05) is 45.9 Å². The van der Waals surface area contributed by atoms with E-state index in [9.17, 15) is 19.8 Å². The third kappa shape index (κ3) is 7.74. The van der Waals surface area contributed by atoms with E-state index in [1.54, 1.807) is 0 Å². The van der Waals surface area contributed by atoms with Gasteiger partial charge in [-0.15, -0.1) is 0 Å². The first-order valence-corrected chi connectivity index (χ1v) is 15.3. The Morgan fingerprint density at radius 1 is 0.829 bits per heavy atom. The molecule has 1 amide bonds. The Kier molecular flexibility index (Phi) is 10.1. The number of fused-ring (bicyclic) bond motifs is 1. The highest BCUT2D eigenvalue weighted by Crippen LogP contribution is 2.38. The summed E-state index contributed by atoms with van der Waals surface area (Å²) in [6.45, 7) is 5.15. The minimum atomic E-state index is -1.18. The molecule has 3 aliphatic heterocycles. The second-order valence-corrected chi connectivity index (χ2v) is 12.1. The summed E-state index contributed by atoms with van der Waals surface area (Å²) in [5.74, 6) is -0.210. The second kappa shape index (κ2) is 13.9. The summed E-state index contributed by atoms with van der Waals surface area (Å²) in [4.78, 5) is 33.2. The molecule has 222 valence electrons. The first kappa shape index (κ1) is 29.7. The third-order valence-corrected chi connectivity index (χ3v) is 9.27. The predicted molar refractivity (Wildman–Crippen MR) is 157 cm³/mol. The molecule has 0 bridgehead atoms. The van der Waals surface area contributed by atoms with Gasteiger partial charge in [-0.3, -0.25) is 19.4 Å². The number of aliphatic hydroxyl groups is 2. The number of hydrogen-bond acceptors (Lipinski definition) is 7. The predicted octanol–water partition coefficient (Wildman–Crippen LogP) is 2.99. The average Bonchev–Trinajstić information content (AvgIpc) is 3.00. The fourth-order valence-corrected chi connectivity index (χ4v) is 6.55. The topological polar surface area (TPSA) is 93.6 Å². The quantitative estimate of drug-likeness (QED) is 0.553. The van der Waals surface area contributed by atoms with Gasteiger partial charge in [0, 0.05) is 32.7 Å². The van der Waals surface area contributed by atoms with Crippen molar-refractivity contribution in [1.29, 1.82) is 0 Å². The molecule has 2 N–H and O–H groups in total.